The zero-order chi connectivity index (χ0) is 15.5. The average molecular weight is 306 g/mol. The van der Waals surface area contributed by atoms with Crippen LogP contribution < -0.4 is 0 Å². The Morgan fingerprint density at radius 1 is 1.29 bits per heavy atom. The summed E-state index contributed by atoms with van der Waals surface area (Å²) < 4.78 is 24.7. The van der Waals surface area contributed by atoms with Gasteiger partial charge in [0.05, 0.1) is 22.3 Å². The van der Waals surface area contributed by atoms with Crippen molar-refractivity contribution in [2.75, 3.05) is 25.4 Å². The van der Waals surface area contributed by atoms with E-state index in [1.54, 1.807) is 18.2 Å². The van der Waals surface area contributed by atoms with Crippen LogP contribution in [0.25, 0.3) is 0 Å². The molecular formula is C16H22N2O2S. The third-order valence-corrected chi connectivity index (χ3v) is 5.64. The normalized spacial score (nSPS) is 23.7. The van der Waals surface area contributed by atoms with Crippen molar-refractivity contribution >= 4 is 9.84 Å². The van der Waals surface area contributed by atoms with Gasteiger partial charge in [-0.25, -0.2) is 8.42 Å². The van der Waals surface area contributed by atoms with Gasteiger partial charge in [-0.15, -0.1) is 0 Å². The average Bonchev–Trinajstić information content (AvgIpc) is 2.44. The zero-order valence-electron chi connectivity index (χ0n) is 12.6. The molecule has 1 saturated heterocycles. The lowest BCUT2D eigenvalue weighted by Crippen LogP contribution is -2.41. The molecule has 2 atom stereocenters. The molecule has 0 amide bonds. The molecule has 0 N–H and O–H groups in total. The van der Waals surface area contributed by atoms with Gasteiger partial charge in [0.1, 0.15) is 0 Å². The Balaban J connectivity index is 2.03. The van der Waals surface area contributed by atoms with Crippen molar-refractivity contribution in [3.63, 3.8) is 0 Å². The van der Waals surface area contributed by atoms with Gasteiger partial charge in [-0.2, -0.15) is 5.26 Å². The molecule has 1 aromatic carbocycles. The number of nitriles is 1. The van der Waals surface area contributed by atoms with E-state index in [0.717, 1.165) is 13.1 Å². The molecule has 0 bridgehead atoms. The summed E-state index contributed by atoms with van der Waals surface area (Å²) in [5, 5.41) is 8.87. The molecule has 2 unspecified atom stereocenters. The fourth-order valence-electron chi connectivity index (χ4n) is 3.10. The molecular weight excluding hydrogens is 284 g/mol. The Labute approximate surface area is 127 Å². The second-order valence-electron chi connectivity index (χ2n) is 6.16. The molecule has 0 aromatic heterocycles. The molecule has 0 aliphatic carbocycles. The van der Waals surface area contributed by atoms with Crippen LogP contribution in [0.5, 0.6) is 0 Å². The number of nitrogens with zero attached hydrogens (tertiary/aromatic N) is 2. The zero-order valence-corrected chi connectivity index (χ0v) is 13.4. The van der Waals surface area contributed by atoms with Crippen molar-refractivity contribution in [1.82, 2.24) is 4.90 Å². The molecule has 1 aliphatic heterocycles. The predicted molar refractivity (Wildman–Crippen MR) is 82.6 cm³/mol. The monoisotopic (exact) mass is 306 g/mol. The highest BCUT2D eigenvalue weighted by Gasteiger charge is 2.23. The largest absolute Gasteiger partial charge is 0.302 e. The molecule has 0 saturated carbocycles. The SMILES string of the molecule is CC1CC(C)CN(CCS(=O)(=O)c2cccc(C#N)c2)C1. The third kappa shape index (κ3) is 4.29. The fourth-order valence-corrected chi connectivity index (χ4v) is 4.43. The molecule has 1 aliphatic rings. The lowest BCUT2D eigenvalue weighted by atomic mass is 9.92. The lowest BCUT2D eigenvalue weighted by molar-refractivity contribution is 0.148. The van der Waals surface area contributed by atoms with Crippen LogP contribution >= 0.6 is 0 Å². The fraction of sp³-hybridized carbons (Fsp3) is 0.562. The van der Waals surface area contributed by atoms with Crippen molar-refractivity contribution in [2.24, 2.45) is 11.8 Å². The van der Waals surface area contributed by atoms with Crippen molar-refractivity contribution in [3.8, 4) is 6.07 Å². The van der Waals surface area contributed by atoms with Crippen LogP contribution in [0.3, 0.4) is 0 Å². The molecule has 4 nitrogen and oxygen atoms in total. The molecule has 114 valence electrons. The molecule has 0 spiro atoms. The van der Waals surface area contributed by atoms with E-state index >= 15 is 0 Å². The Hall–Kier alpha value is -1.38. The first-order valence-electron chi connectivity index (χ1n) is 7.36. The van der Waals surface area contributed by atoms with Gasteiger partial charge in [0, 0.05) is 19.6 Å². The first-order valence-corrected chi connectivity index (χ1v) is 9.01. The van der Waals surface area contributed by atoms with Crippen LogP contribution in [0.15, 0.2) is 29.2 Å². The van der Waals surface area contributed by atoms with Gasteiger partial charge < -0.3 is 4.90 Å². The minimum Gasteiger partial charge on any atom is -0.302 e. The third-order valence-electron chi connectivity index (χ3n) is 3.94. The summed E-state index contributed by atoms with van der Waals surface area (Å²) in [6.07, 6.45) is 1.22. The standard InChI is InChI=1S/C16H22N2O2S/c1-13-8-14(2)12-18(11-13)6-7-21(19,20)16-5-3-4-15(9-16)10-17/h3-5,9,13-14H,6-8,11-12H2,1-2H3. The molecule has 0 radical (unpaired) electrons. The van der Waals surface area contributed by atoms with E-state index in [1.165, 1.54) is 12.5 Å². The van der Waals surface area contributed by atoms with Gasteiger partial charge in [-0.3, -0.25) is 0 Å². The summed E-state index contributed by atoms with van der Waals surface area (Å²) in [6.45, 7) is 6.94. The van der Waals surface area contributed by atoms with Crippen LogP contribution in [-0.2, 0) is 9.84 Å². The predicted octanol–water partition coefficient (Wildman–Crippen LogP) is 2.31. The Morgan fingerprint density at radius 3 is 2.57 bits per heavy atom. The highest BCUT2D eigenvalue weighted by molar-refractivity contribution is 7.91. The van der Waals surface area contributed by atoms with Crippen molar-refractivity contribution in [3.05, 3.63) is 29.8 Å². The molecule has 21 heavy (non-hydrogen) atoms. The molecule has 1 aromatic rings. The van der Waals surface area contributed by atoms with Crippen LogP contribution in [0.2, 0.25) is 0 Å². The van der Waals surface area contributed by atoms with E-state index in [0.29, 0.717) is 23.9 Å². The van der Waals surface area contributed by atoms with E-state index in [4.69, 9.17) is 5.26 Å². The van der Waals surface area contributed by atoms with Crippen LogP contribution in [0.1, 0.15) is 25.8 Å². The topological polar surface area (TPSA) is 61.2 Å². The highest BCUT2D eigenvalue weighted by Crippen LogP contribution is 2.21. The van der Waals surface area contributed by atoms with Crippen molar-refractivity contribution in [1.29, 1.82) is 5.26 Å². The van der Waals surface area contributed by atoms with Gasteiger partial charge in [0.15, 0.2) is 9.84 Å². The summed E-state index contributed by atoms with van der Waals surface area (Å²) in [7, 11) is -3.32. The molecule has 1 heterocycles. The van der Waals surface area contributed by atoms with Gasteiger partial charge in [-0.1, -0.05) is 19.9 Å². The highest BCUT2D eigenvalue weighted by atomic mass is 32.2. The van der Waals surface area contributed by atoms with Crippen molar-refractivity contribution in [2.45, 2.75) is 25.2 Å². The number of likely N-dealkylation sites (tertiary alicyclic amines) is 1. The number of rotatable bonds is 4. The second kappa shape index (κ2) is 6.59. The Morgan fingerprint density at radius 2 is 1.95 bits per heavy atom. The van der Waals surface area contributed by atoms with Gasteiger partial charge >= 0.3 is 0 Å². The van der Waals surface area contributed by atoms with Gasteiger partial charge in [-0.05, 0) is 36.5 Å². The van der Waals surface area contributed by atoms with Crippen LogP contribution in [0.4, 0.5) is 0 Å². The van der Waals surface area contributed by atoms with E-state index in [1.807, 2.05) is 6.07 Å². The van der Waals surface area contributed by atoms with Crippen LogP contribution in [0, 0.1) is 23.2 Å². The smallest absolute Gasteiger partial charge is 0.179 e. The first-order chi connectivity index (χ1) is 9.90. The van der Waals surface area contributed by atoms with E-state index < -0.39 is 9.84 Å². The minimum atomic E-state index is -3.32. The van der Waals surface area contributed by atoms with E-state index in [9.17, 15) is 8.42 Å². The number of piperidine rings is 1. The maximum absolute atomic E-state index is 12.4. The molecule has 5 heteroatoms. The summed E-state index contributed by atoms with van der Waals surface area (Å²) in [5.41, 5.74) is 0.385. The second-order valence-corrected chi connectivity index (χ2v) is 8.27. The van der Waals surface area contributed by atoms with Crippen LogP contribution in [-0.4, -0.2) is 38.7 Å². The summed E-state index contributed by atoms with van der Waals surface area (Å²) in [5.74, 6) is 1.36. The lowest BCUT2D eigenvalue weighted by Gasteiger charge is -2.34. The number of hydrogen-bond donors (Lipinski definition) is 0. The van der Waals surface area contributed by atoms with E-state index in [2.05, 4.69) is 18.7 Å². The number of sulfone groups is 1. The number of hydrogen-bond acceptors (Lipinski definition) is 4. The molecule has 1 fully saturated rings. The minimum absolute atomic E-state index is 0.112. The summed E-state index contributed by atoms with van der Waals surface area (Å²) >= 11 is 0. The van der Waals surface area contributed by atoms with Gasteiger partial charge in [0.25, 0.3) is 0 Å². The Kier molecular flexibility index (Phi) is 5.02. The van der Waals surface area contributed by atoms with Gasteiger partial charge in [0.2, 0.25) is 0 Å². The number of benzene rings is 1. The van der Waals surface area contributed by atoms with Crippen molar-refractivity contribution < 1.29 is 8.42 Å². The maximum Gasteiger partial charge on any atom is 0.179 e. The Bertz CT molecular complexity index is 624. The summed E-state index contributed by atoms with van der Waals surface area (Å²) in [6, 6.07) is 8.24. The summed E-state index contributed by atoms with van der Waals surface area (Å²) in [4.78, 5) is 2.49. The first kappa shape index (κ1) is 16.0. The van der Waals surface area contributed by atoms with E-state index in [-0.39, 0.29) is 10.6 Å². The maximum atomic E-state index is 12.4. The molecule has 2 rings (SSSR count). The quantitative estimate of drug-likeness (QED) is 0.856.